The van der Waals surface area contributed by atoms with Crippen LogP contribution in [0.25, 0.3) is 6.08 Å². The van der Waals surface area contributed by atoms with Crippen LogP contribution < -0.4 is 10.6 Å². The fraction of sp³-hybridized carbons (Fsp3) is 0.133. The quantitative estimate of drug-likeness (QED) is 0.245. The molecule has 1 aliphatic rings. The Morgan fingerprint density at radius 3 is 1.72 bits per heavy atom. The molecule has 0 aliphatic heterocycles. The molecule has 4 aromatic rings. The second kappa shape index (κ2) is 9.25. The summed E-state index contributed by atoms with van der Waals surface area (Å²) < 4.78 is 1.48. The van der Waals surface area contributed by atoms with Crippen molar-refractivity contribution in [3.63, 3.8) is 0 Å². The summed E-state index contributed by atoms with van der Waals surface area (Å²) in [6, 6.07) is 38.1. The van der Waals surface area contributed by atoms with E-state index in [4.69, 9.17) is 0 Å². The molecule has 0 radical (unpaired) electrons. The topological polar surface area (TPSA) is 0 Å². The van der Waals surface area contributed by atoms with E-state index in [0.717, 1.165) is 0 Å². The third kappa shape index (κ3) is 3.93. The van der Waals surface area contributed by atoms with Crippen LogP contribution in [0.4, 0.5) is 0 Å². The van der Waals surface area contributed by atoms with Crippen LogP contribution in [0.3, 0.4) is 0 Å². The molecule has 2 unspecified atom stereocenters. The van der Waals surface area contributed by atoms with E-state index in [9.17, 15) is 0 Å². The fourth-order valence-corrected chi connectivity index (χ4v) is 8.28. The molecule has 0 N–H and O–H groups in total. The molecule has 0 aromatic heterocycles. The summed E-state index contributed by atoms with van der Waals surface area (Å²) in [5, 5.41) is 2.88. The molecule has 4 aromatic carbocycles. The molecule has 152 valence electrons. The number of allylic oxidation sites excluding steroid dienone is 1. The molecule has 0 bridgehead atoms. The molecule has 0 saturated heterocycles. The summed E-state index contributed by atoms with van der Waals surface area (Å²) >= 11 is 2.34. The van der Waals surface area contributed by atoms with E-state index < -0.39 is 7.92 Å². The normalized spacial score (nSPS) is 16.0. The zero-order chi connectivity index (χ0) is 22.1. The first-order valence-corrected chi connectivity index (χ1v) is 12.8. The van der Waals surface area contributed by atoms with Crippen molar-refractivity contribution in [2.24, 2.45) is 0 Å². The molecule has 0 nitrogen and oxygen atoms in total. The van der Waals surface area contributed by atoms with Gasteiger partial charge < -0.3 is 0 Å². The summed E-state index contributed by atoms with van der Waals surface area (Å²) in [6.07, 6.45) is 2.45. The van der Waals surface area contributed by atoms with Crippen LogP contribution in [-0.2, 0) is 0 Å². The Balaban J connectivity index is 1.78. The Hall–Kier alpha value is -2.35. The van der Waals surface area contributed by atoms with Gasteiger partial charge in [-0.2, -0.15) is 0 Å². The van der Waals surface area contributed by atoms with Gasteiger partial charge in [0.1, 0.15) is 0 Å². The number of hydrogen-bond acceptors (Lipinski definition) is 0. The second-order valence-electron chi connectivity index (χ2n) is 8.79. The van der Waals surface area contributed by atoms with E-state index >= 15 is 0 Å². The standard InChI is InChI=1S/C30H26P.Li/c1-22-18-19-23(2)29-27(22)20-21-28(29)30(24-12-6-3-7-13-24)31(25-14-8-4-9-15-25)26-16-10-5-11-17-26;/h3-20,28,30H,1-2H3;. The van der Waals surface area contributed by atoms with E-state index in [1.54, 1.807) is 0 Å². The van der Waals surface area contributed by atoms with E-state index in [2.05, 4.69) is 141 Å². The monoisotopic (exact) mass is 424 g/mol. The summed E-state index contributed by atoms with van der Waals surface area (Å²) in [6.45, 7) is 4.53. The summed E-state index contributed by atoms with van der Waals surface area (Å²) in [5.41, 5.74) is 7.54. The van der Waals surface area contributed by atoms with E-state index in [0.29, 0.717) is 11.6 Å². The summed E-state index contributed by atoms with van der Waals surface area (Å²) in [5.74, 6) is 0.374. The van der Waals surface area contributed by atoms with Gasteiger partial charge in [-0.15, -0.1) is 0 Å². The Kier molecular flexibility index (Phi) is 6.21. The van der Waals surface area contributed by atoms with Crippen molar-refractivity contribution in [1.29, 1.82) is 0 Å². The number of fused-ring (bicyclic) bond motifs is 1. The molecule has 0 amide bonds. The van der Waals surface area contributed by atoms with Gasteiger partial charge in [0.2, 0.25) is 0 Å². The molecule has 32 heavy (non-hydrogen) atoms. The second-order valence-corrected chi connectivity index (χ2v) is 11.1. The Bertz CT molecular complexity index is 1210. The van der Waals surface area contributed by atoms with Crippen molar-refractivity contribution in [1.82, 2.24) is 0 Å². The third-order valence-electron chi connectivity index (χ3n) is 6.70. The molecule has 0 saturated carbocycles. The third-order valence-corrected chi connectivity index (χ3v) is 9.56. The van der Waals surface area contributed by atoms with Crippen LogP contribution >= 0.6 is 7.92 Å². The van der Waals surface area contributed by atoms with Gasteiger partial charge in [-0.25, -0.2) is 0 Å². The van der Waals surface area contributed by atoms with Crippen molar-refractivity contribution in [2.45, 2.75) is 25.4 Å². The molecular weight excluding hydrogens is 398 g/mol. The predicted molar refractivity (Wildman–Crippen MR) is 141 cm³/mol. The molecule has 2 atom stereocenters. The van der Waals surface area contributed by atoms with E-state index in [-0.39, 0.29) is 0 Å². The molecule has 2 heteroatoms. The Labute approximate surface area is 202 Å². The average Bonchev–Trinajstić information content (AvgIpc) is 3.19. The maximum absolute atomic E-state index is 2.45. The summed E-state index contributed by atoms with van der Waals surface area (Å²) in [4.78, 5) is 0. The molecule has 1 aliphatic carbocycles. The van der Waals surface area contributed by atoms with Gasteiger partial charge in [-0.3, -0.25) is 0 Å². The van der Waals surface area contributed by atoms with Crippen LogP contribution in [0, 0.1) is 13.8 Å². The SMILES string of the molecule is [Li][C]1=Cc2c(C)ccc(C)c2C1C(c1ccccc1)P(c1ccccc1)c1ccccc1. The first-order chi connectivity index (χ1) is 15.6. The minimum atomic E-state index is -0.616. The van der Waals surface area contributed by atoms with Gasteiger partial charge in [0.15, 0.2) is 0 Å². The van der Waals surface area contributed by atoms with Gasteiger partial charge in [-0.1, -0.05) is 0 Å². The first kappa shape index (κ1) is 21.5. The maximum atomic E-state index is 2.45. The molecule has 0 fully saturated rings. The van der Waals surface area contributed by atoms with Crippen LogP contribution in [-0.4, -0.2) is 17.7 Å². The molecule has 0 heterocycles. The van der Waals surface area contributed by atoms with Crippen molar-refractivity contribution in [3.8, 4) is 0 Å². The Morgan fingerprint density at radius 2 is 1.16 bits per heavy atom. The van der Waals surface area contributed by atoms with Crippen molar-refractivity contribution in [2.75, 3.05) is 0 Å². The number of benzene rings is 4. The van der Waals surface area contributed by atoms with Crippen molar-refractivity contribution >= 4 is 42.3 Å². The minimum absolute atomic E-state index is 0.369. The molecule has 5 rings (SSSR count). The van der Waals surface area contributed by atoms with Crippen molar-refractivity contribution < 1.29 is 0 Å². The fourth-order valence-electron chi connectivity index (χ4n) is 5.20. The van der Waals surface area contributed by atoms with Gasteiger partial charge in [-0.05, 0) is 0 Å². The van der Waals surface area contributed by atoms with Gasteiger partial charge in [0.05, 0.1) is 0 Å². The average molecular weight is 424 g/mol. The van der Waals surface area contributed by atoms with Crippen LogP contribution in [0.1, 0.15) is 39.4 Å². The van der Waals surface area contributed by atoms with Crippen LogP contribution in [0.15, 0.2) is 107 Å². The molecular formula is C30H26LiP. The number of hydrogen-bond donors (Lipinski definition) is 0. The molecule has 0 spiro atoms. The summed E-state index contributed by atoms with van der Waals surface area (Å²) in [7, 11) is -0.616. The first-order valence-electron chi connectivity index (χ1n) is 11.4. The van der Waals surface area contributed by atoms with Gasteiger partial charge in [0.25, 0.3) is 0 Å². The number of rotatable bonds is 5. The van der Waals surface area contributed by atoms with Gasteiger partial charge >= 0.3 is 203 Å². The van der Waals surface area contributed by atoms with Crippen LogP contribution in [0.2, 0.25) is 0 Å². The van der Waals surface area contributed by atoms with Crippen molar-refractivity contribution in [3.05, 3.63) is 135 Å². The zero-order valence-electron chi connectivity index (χ0n) is 19.0. The zero-order valence-corrected chi connectivity index (χ0v) is 19.9. The van der Waals surface area contributed by atoms with Crippen LogP contribution in [0.5, 0.6) is 0 Å². The Morgan fingerprint density at radius 1 is 0.656 bits per heavy atom. The van der Waals surface area contributed by atoms with E-state index in [1.807, 2.05) is 0 Å². The predicted octanol–water partition coefficient (Wildman–Crippen LogP) is 6.78. The van der Waals surface area contributed by atoms with Gasteiger partial charge in [0, 0.05) is 0 Å². The number of aryl methyl sites for hydroxylation is 2. The van der Waals surface area contributed by atoms with E-state index in [1.165, 1.54) is 42.7 Å².